The Bertz CT molecular complexity index is 997. The van der Waals surface area contributed by atoms with Gasteiger partial charge in [0, 0.05) is 25.3 Å². The van der Waals surface area contributed by atoms with E-state index in [1.54, 1.807) is 19.1 Å². The van der Waals surface area contributed by atoms with Crippen molar-refractivity contribution >= 4 is 11.9 Å². The number of carbonyl (C=O) groups excluding carboxylic acids is 2. The lowest BCUT2D eigenvalue weighted by atomic mass is 9.94. The molecular formula is C34H52O7. The van der Waals surface area contributed by atoms with Crippen molar-refractivity contribution in [3.05, 3.63) is 71.4 Å². The number of hydrogen-bond donors (Lipinski definition) is 3. The van der Waals surface area contributed by atoms with E-state index >= 15 is 0 Å². The second-order valence-corrected chi connectivity index (χ2v) is 11.6. The topological polar surface area (TPSA) is 113 Å². The number of rotatable bonds is 11. The maximum absolute atomic E-state index is 12.6. The number of aliphatic hydroxyl groups is 3. The van der Waals surface area contributed by atoms with E-state index in [0.717, 1.165) is 23.1 Å². The van der Waals surface area contributed by atoms with Crippen molar-refractivity contribution in [3.63, 3.8) is 0 Å². The van der Waals surface area contributed by atoms with Gasteiger partial charge < -0.3 is 24.8 Å². The molecule has 0 aromatic heterocycles. The molecule has 0 spiro atoms. The van der Waals surface area contributed by atoms with Crippen molar-refractivity contribution in [2.24, 2.45) is 11.8 Å². The zero-order valence-electron chi connectivity index (χ0n) is 26.0. The highest BCUT2D eigenvalue weighted by Gasteiger charge is 2.23. The highest BCUT2D eigenvalue weighted by atomic mass is 16.5. The molecule has 0 amide bonds. The third-order valence-electron chi connectivity index (χ3n) is 6.91. The van der Waals surface area contributed by atoms with E-state index in [4.69, 9.17) is 9.47 Å². The van der Waals surface area contributed by atoms with Gasteiger partial charge in [0.25, 0.3) is 0 Å². The maximum Gasteiger partial charge on any atom is 0.331 e. The molecule has 0 radical (unpaired) electrons. The fourth-order valence-electron chi connectivity index (χ4n) is 4.40. The van der Waals surface area contributed by atoms with Gasteiger partial charge in [-0.2, -0.15) is 0 Å². The van der Waals surface area contributed by atoms with Gasteiger partial charge in [0.15, 0.2) is 0 Å². The molecule has 7 heteroatoms. The van der Waals surface area contributed by atoms with Crippen molar-refractivity contribution in [1.29, 1.82) is 0 Å². The fraction of sp³-hybridized carbons (Fsp3) is 0.588. The summed E-state index contributed by atoms with van der Waals surface area (Å²) in [4.78, 5) is 24.9. The molecule has 0 unspecified atom stereocenters. The number of cyclic esters (lactones) is 1. The van der Waals surface area contributed by atoms with E-state index in [0.29, 0.717) is 25.7 Å². The van der Waals surface area contributed by atoms with Crippen LogP contribution in [0.5, 0.6) is 0 Å². The van der Waals surface area contributed by atoms with Gasteiger partial charge in [0.2, 0.25) is 0 Å². The van der Waals surface area contributed by atoms with Crippen molar-refractivity contribution in [1.82, 2.24) is 0 Å². The SMILES string of the molecule is CC(=C\C=C\C(C)=C\[C@@H](O)[C@@H](O)C[C@H](C)O)/C=C(C)/C=C/C(=O)O[C@H]1CCCC(=O)O[C@@H](C(C)C)C/C=C/C[C@@H]1C. The van der Waals surface area contributed by atoms with E-state index in [9.17, 15) is 24.9 Å². The average Bonchev–Trinajstić information content (AvgIpc) is 2.87. The third-order valence-corrected chi connectivity index (χ3v) is 6.91. The fourth-order valence-corrected chi connectivity index (χ4v) is 4.40. The number of hydrogen-bond acceptors (Lipinski definition) is 7. The molecule has 1 rings (SSSR count). The first-order chi connectivity index (χ1) is 19.3. The predicted molar refractivity (Wildman–Crippen MR) is 164 cm³/mol. The van der Waals surface area contributed by atoms with Crippen molar-refractivity contribution in [2.45, 2.75) is 118 Å². The summed E-state index contributed by atoms with van der Waals surface area (Å²) in [7, 11) is 0. The molecule has 1 heterocycles. The number of esters is 2. The second kappa shape index (κ2) is 19.4. The molecule has 0 aromatic rings. The first kappa shape index (κ1) is 36.3. The van der Waals surface area contributed by atoms with Crippen LogP contribution in [-0.2, 0) is 19.1 Å². The van der Waals surface area contributed by atoms with Crippen LogP contribution in [-0.4, -0.2) is 57.8 Å². The van der Waals surface area contributed by atoms with Gasteiger partial charge in [0.1, 0.15) is 12.2 Å². The summed E-state index contributed by atoms with van der Waals surface area (Å²) in [5.74, 6) is -0.228. The first-order valence-corrected chi connectivity index (χ1v) is 14.8. The molecule has 6 atom stereocenters. The van der Waals surface area contributed by atoms with Gasteiger partial charge in [-0.15, -0.1) is 0 Å². The molecule has 1 aliphatic rings. The summed E-state index contributed by atoms with van der Waals surface area (Å²) in [6.07, 6.45) is 16.3. The third kappa shape index (κ3) is 16.3. The van der Waals surface area contributed by atoms with Crippen LogP contribution < -0.4 is 0 Å². The Balaban J connectivity index is 2.73. The summed E-state index contributed by atoms with van der Waals surface area (Å²) < 4.78 is 11.4. The standard InChI is InChI=1S/C34H52O7/c1-23(2)31-15-9-8-14-27(6)32(16-11-17-33(38)40-31)41-34(39)19-18-26(5)20-24(3)12-10-13-25(4)21-29(36)30(37)22-28(7)35/h8-10,12-13,18-21,23,27-32,35-37H,11,14-17,22H2,1-7H3/b9-8+,13-10+,19-18+,24-12+,25-21+,26-20+/t27-,28-,29+,30-,31+,32-/m0/s1. The Hall–Kier alpha value is -2.74. The van der Waals surface area contributed by atoms with Crippen LogP contribution in [0.2, 0.25) is 0 Å². The average molecular weight is 573 g/mol. The smallest absolute Gasteiger partial charge is 0.331 e. The van der Waals surface area contributed by atoms with Gasteiger partial charge in [-0.25, -0.2) is 4.79 Å². The van der Waals surface area contributed by atoms with Crippen molar-refractivity contribution < 1.29 is 34.4 Å². The van der Waals surface area contributed by atoms with Gasteiger partial charge in [0.05, 0.1) is 18.3 Å². The quantitative estimate of drug-likeness (QED) is 0.119. The van der Waals surface area contributed by atoms with Gasteiger partial charge in [-0.3, -0.25) is 4.79 Å². The summed E-state index contributed by atoms with van der Waals surface area (Å²) in [5.41, 5.74) is 2.62. The van der Waals surface area contributed by atoms with Crippen LogP contribution in [0.1, 0.15) is 87.0 Å². The van der Waals surface area contributed by atoms with Gasteiger partial charge in [-0.05, 0) is 58.8 Å². The lowest BCUT2D eigenvalue weighted by Crippen LogP contribution is -2.27. The van der Waals surface area contributed by atoms with Crippen LogP contribution in [0.3, 0.4) is 0 Å². The zero-order chi connectivity index (χ0) is 30.9. The molecule has 0 fully saturated rings. The van der Waals surface area contributed by atoms with E-state index in [1.807, 2.05) is 45.1 Å². The Morgan fingerprint density at radius 3 is 2.37 bits per heavy atom. The molecule has 0 saturated carbocycles. The van der Waals surface area contributed by atoms with Crippen LogP contribution in [0.4, 0.5) is 0 Å². The lowest BCUT2D eigenvalue weighted by Gasteiger charge is -2.24. The normalized spacial score (nSPS) is 25.4. The van der Waals surface area contributed by atoms with Crippen LogP contribution in [0.25, 0.3) is 0 Å². The number of ether oxygens (including phenoxy) is 2. The molecule has 0 aliphatic carbocycles. The van der Waals surface area contributed by atoms with E-state index in [1.165, 1.54) is 6.08 Å². The van der Waals surface area contributed by atoms with Gasteiger partial charge >= 0.3 is 11.9 Å². The van der Waals surface area contributed by atoms with Gasteiger partial charge in [-0.1, -0.05) is 86.1 Å². The van der Waals surface area contributed by atoms with E-state index < -0.39 is 24.3 Å². The highest BCUT2D eigenvalue weighted by Crippen LogP contribution is 2.22. The molecule has 0 bridgehead atoms. The number of aliphatic hydroxyl groups excluding tert-OH is 3. The summed E-state index contributed by atoms with van der Waals surface area (Å²) in [6, 6.07) is 0. The van der Waals surface area contributed by atoms with E-state index in [2.05, 4.69) is 32.9 Å². The summed E-state index contributed by atoms with van der Waals surface area (Å²) >= 11 is 0. The largest absolute Gasteiger partial charge is 0.462 e. The monoisotopic (exact) mass is 572 g/mol. The minimum atomic E-state index is -1.05. The summed E-state index contributed by atoms with van der Waals surface area (Å²) in [6.45, 7) is 13.4. The Morgan fingerprint density at radius 1 is 1.02 bits per heavy atom. The minimum Gasteiger partial charge on any atom is -0.462 e. The lowest BCUT2D eigenvalue weighted by molar-refractivity contribution is -0.151. The Kier molecular flexibility index (Phi) is 17.2. The molecule has 41 heavy (non-hydrogen) atoms. The van der Waals surface area contributed by atoms with Crippen LogP contribution in [0, 0.1) is 11.8 Å². The predicted octanol–water partition coefficient (Wildman–Crippen LogP) is 6.07. The summed E-state index contributed by atoms with van der Waals surface area (Å²) in [5, 5.41) is 29.3. The first-order valence-electron chi connectivity index (χ1n) is 14.8. The molecule has 0 saturated heterocycles. The van der Waals surface area contributed by atoms with Crippen LogP contribution >= 0.6 is 0 Å². The Morgan fingerprint density at radius 2 is 1.71 bits per heavy atom. The van der Waals surface area contributed by atoms with Crippen molar-refractivity contribution in [3.8, 4) is 0 Å². The van der Waals surface area contributed by atoms with Crippen molar-refractivity contribution in [2.75, 3.05) is 0 Å². The highest BCUT2D eigenvalue weighted by molar-refractivity contribution is 5.82. The molecular weight excluding hydrogens is 520 g/mol. The minimum absolute atomic E-state index is 0.102. The zero-order valence-corrected chi connectivity index (χ0v) is 26.0. The number of carbonyl (C=O) groups is 2. The Labute approximate surface area is 247 Å². The molecule has 1 aliphatic heterocycles. The molecule has 7 nitrogen and oxygen atoms in total. The molecule has 230 valence electrons. The molecule has 3 N–H and O–H groups in total. The van der Waals surface area contributed by atoms with E-state index in [-0.39, 0.29) is 36.4 Å². The molecule has 0 aromatic carbocycles. The number of allylic oxidation sites excluding steroid dienone is 9. The second-order valence-electron chi connectivity index (χ2n) is 11.6. The maximum atomic E-state index is 12.6. The van der Waals surface area contributed by atoms with Crippen LogP contribution in [0.15, 0.2) is 71.4 Å².